The first kappa shape index (κ1) is 17.5. The Morgan fingerprint density at radius 3 is 2.42 bits per heavy atom. The number of rotatable bonds is 3. The number of piperidine rings is 1. The van der Waals surface area contributed by atoms with E-state index in [1.807, 2.05) is 17.2 Å². The lowest BCUT2D eigenvalue weighted by atomic mass is 10.1. The van der Waals surface area contributed by atoms with E-state index in [0.717, 1.165) is 37.9 Å². The van der Waals surface area contributed by atoms with E-state index in [9.17, 15) is 4.79 Å². The summed E-state index contributed by atoms with van der Waals surface area (Å²) >= 11 is 7.29. The quantitative estimate of drug-likeness (QED) is 0.804. The van der Waals surface area contributed by atoms with Gasteiger partial charge in [-0.15, -0.1) is 11.3 Å². The van der Waals surface area contributed by atoms with E-state index in [2.05, 4.69) is 14.8 Å². The molecule has 0 unspecified atom stereocenters. The van der Waals surface area contributed by atoms with Gasteiger partial charge in [0.15, 0.2) is 0 Å². The zero-order valence-electron chi connectivity index (χ0n) is 14.6. The molecular weight excluding hydrogens is 370 g/mol. The topological polar surface area (TPSA) is 52.6 Å². The lowest BCUT2D eigenvalue weighted by molar-refractivity contribution is 0.0751. The predicted molar refractivity (Wildman–Crippen MR) is 106 cm³/mol. The third kappa shape index (κ3) is 3.78. The number of hydrogen-bond donors (Lipinski definition) is 0. The lowest BCUT2D eigenvalue weighted by Crippen LogP contribution is -2.49. The highest BCUT2D eigenvalue weighted by atomic mass is 35.5. The van der Waals surface area contributed by atoms with Crippen molar-refractivity contribution < 1.29 is 4.79 Å². The second-order valence-corrected chi connectivity index (χ2v) is 8.36. The molecule has 0 N–H and O–H groups in total. The molecule has 0 aliphatic carbocycles. The average Bonchev–Trinajstić information content (AvgIpc) is 3.15. The maximum atomic E-state index is 12.5. The van der Waals surface area contributed by atoms with Gasteiger partial charge in [0.1, 0.15) is 5.82 Å². The summed E-state index contributed by atoms with van der Waals surface area (Å²) in [5, 5.41) is 0. The minimum Gasteiger partial charge on any atom is -0.353 e. The molecule has 4 heterocycles. The summed E-state index contributed by atoms with van der Waals surface area (Å²) in [6.45, 7) is 5.02. The molecule has 2 fully saturated rings. The van der Waals surface area contributed by atoms with Crippen molar-refractivity contribution in [2.75, 3.05) is 49.1 Å². The fourth-order valence-electron chi connectivity index (χ4n) is 3.49. The first-order chi connectivity index (χ1) is 12.7. The number of carbonyl (C=O) groups excluding carboxylic acids is 1. The van der Waals surface area contributed by atoms with Crippen LogP contribution in [0.5, 0.6) is 0 Å². The molecule has 2 aromatic rings. The van der Waals surface area contributed by atoms with Gasteiger partial charge in [-0.2, -0.15) is 4.98 Å². The van der Waals surface area contributed by atoms with Crippen LogP contribution in [-0.4, -0.2) is 60.0 Å². The van der Waals surface area contributed by atoms with Crippen molar-refractivity contribution in [2.45, 2.75) is 19.3 Å². The van der Waals surface area contributed by atoms with Crippen LogP contribution in [0.3, 0.4) is 0 Å². The van der Waals surface area contributed by atoms with Crippen molar-refractivity contribution in [3.8, 4) is 0 Å². The molecule has 6 nitrogen and oxygen atoms in total. The highest BCUT2D eigenvalue weighted by molar-refractivity contribution is 7.17. The smallest absolute Gasteiger partial charge is 0.264 e. The third-order valence-corrected chi connectivity index (χ3v) is 6.16. The van der Waals surface area contributed by atoms with Gasteiger partial charge in [0.05, 0.1) is 9.21 Å². The summed E-state index contributed by atoms with van der Waals surface area (Å²) in [6.07, 6.45) is 5.56. The van der Waals surface area contributed by atoms with Crippen LogP contribution in [0.4, 0.5) is 11.8 Å². The van der Waals surface area contributed by atoms with Crippen LogP contribution < -0.4 is 9.80 Å². The Bertz CT molecular complexity index is 768. The zero-order valence-corrected chi connectivity index (χ0v) is 16.2. The van der Waals surface area contributed by atoms with Gasteiger partial charge in [-0.05, 0) is 37.5 Å². The van der Waals surface area contributed by atoms with Crippen LogP contribution in [0.15, 0.2) is 24.4 Å². The molecular formula is C18H22ClN5OS. The molecule has 2 saturated heterocycles. The Hall–Kier alpha value is -1.86. The van der Waals surface area contributed by atoms with Gasteiger partial charge in [-0.1, -0.05) is 11.6 Å². The number of anilines is 2. The van der Waals surface area contributed by atoms with Crippen molar-refractivity contribution >= 4 is 40.6 Å². The van der Waals surface area contributed by atoms with Crippen molar-refractivity contribution in [3.05, 3.63) is 33.6 Å². The van der Waals surface area contributed by atoms with Gasteiger partial charge >= 0.3 is 0 Å². The van der Waals surface area contributed by atoms with E-state index < -0.39 is 0 Å². The Labute approximate surface area is 162 Å². The molecule has 4 rings (SSSR count). The van der Waals surface area contributed by atoms with E-state index in [1.165, 1.54) is 30.6 Å². The average molecular weight is 392 g/mol. The third-order valence-electron chi connectivity index (χ3n) is 4.94. The van der Waals surface area contributed by atoms with E-state index in [4.69, 9.17) is 16.6 Å². The number of nitrogens with zero attached hydrogens (tertiary/aromatic N) is 5. The van der Waals surface area contributed by atoms with Crippen LogP contribution in [-0.2, 0) is 0 Å². The molecule has 0 radical (unpaired) electrons. The van der Waals surface area contributed by atoms with E-state index in [0.29, 0.717) is 22.3 Å². The molecule has 8 heteroatoms. The lowest BCUT2D eigenvalue weighted by Gasteiger charge is -2.35. The number of piperazine rings is 1. The molecule has 1 amide bonds. The maximum absolute atomic E-state index is 12.5. The second-order valence-electron chi connectivity index (χ2n) is 6.65. The highest BCUT2D eigenvalue weighted by Gasteiger charge is 2.24. The van der Waals surface area contributed by atoms with Crippen molar-refractivity contribution in [3.63, 3.8) is 0 Å². The minimum atomic E-state index is 0.0678. The number of aromatic nitrogens is 2. The molecule has 2 aliphatic heterocycles. The fraction of sp³-hybridized carbons (Fsp3) is 0.500. The molecule has 2 aromatic heterocycles. The normalized spacial score (nSPS) is 18.3. The standard InChI is InChI=1S/C18H22ClN5OS/c19-15-5-4-14(26-15)17(25)23-12-10-22(11-13-23)16-6-7-20-18(21-16)24-8-2-1-3-9-24/h4-7H,1-3,8-13H2. The molecule has 2 aliphatic rings. The van der Waals surface area contributed by atoms with E-state index in [1.54, 1.807) is 12.1 Å². The Morgan fingerprint density at radius 1 is 0.962 bits per heavy atom. The molecule has 138 valence electrons. The Kier molecular flexibility index (Phi) is 5.26. The minimum absolute atomic E-state index is 0.0678. The molecule has 0 saturated carbocycles. The van der Waals surface area contributed by atoms with Gasteiger partial charge in [0, 0.05) is 45.5 Å². The van der Waals surface area contributed by atoms with Crippen molar-refractivity contribution in [1.82, 2.24) is 14.9 Å². The van der Waals surface area contributed by atoms with Gasteiger partial charge in [0.2, 0.25) is 5.95 Å². The van der Waals surface area contributed by atoms with Crippen LogP contribution in [0.25, 0.3) is 0 Å². The number of carbonyl (C=O) groups is 1. The molecule has 0 spiro atoms. The first-order valence-corrected chi connectivity index (χ1v) is 10.3. The second kappa shape index (κ2) is 7.80. The largest absolute Gasteiger partial charge is 0.353 e. The fourth-order valence-corrected chi connectivity index (χ4v) is 4.50. The zero-order chi connectivity index (χ0) is 17.9. The summed E-state index contributed by atoms with van der Waals surface area (Å²) in [6, 6.07) is 5.54. The summed E-state index contributed by atoms with van der Waals surface area (Å²) in [4.78, 5) is 28.9. The number of thiophene rings is 1. The van der Waals surface area contributed by atoms with Gasteiger partial charge in [-0.25, -0.2) is 4.98 Å². The van der Waals surface area contributed by atoms with E-state index in [-0.39, 0.29) is 5.91 Å². The van der Waals surface area contributed by atoms with Crippen molar-refractivity contribution in [1.29, 1.82) is 0 Å². The summed E-state index contributed by atoms with van der Waals surface area (Å²) < 4.78 is 0.651. The maximum Gasteiger partial charge on any atom is 0.264 e. The van der Waals surface area contributed by atoms with Crippen LogP contribution in [0, 0.1) is 0 Å². The number of amides is 1. The summed E-state index contributed by atoms with van der Waals surface area (Å²) in [7, 11) is 0. The van der Waals surface area contributed by atoms with Crippen LogP contribution >= 0.6 is 22.9 Å². The molecule has 0 aromatic carbocycles. The first-order valence-electron chi connectivity index (χ1n) is 9.08. The van der Waals surface area contributed by atoms with Gasteiger partial charge in [0.25, 0.3) is 5.91 Å². The van der Waals surface area contributed by atoms with Crippen LogP contribution in [0.1, 0.15) is 28.9 Å². The Balaban J connectivity index is 1.39. The van der Waals surface area contributed by atoms with Crippen LogP contribution in [0.2, 0.25) is 4.34 Å². The molecule has 26 heavy (non-hydrogen) atoms. The Morgan fingerprint density at radius 2 is 1.73 bits per heavy atom. The molecule has 0 bridgehead atoms. The van der Waals surface area contributed by atoms with Gasteiger partial charge in [-0.3, -0.25) is 4.79 Å². The number of halogens is 1. The van der Waals surface area contributed by atoms with Crippen molar-refractivity contribution in [2.24, 2.45) is 0 Å². The summed E-state index contributed by atoms with van der Waals surface area (Å²) in [5.41, 5.74) is 0. The summed E-state index contributed by atoms with van der Waals surface area (Å²) in [5.74, 6) is 1.85. The van der Waals surface area contributed by atoms with Gasteiger partial charge < -0.3 is 14.7 Å². The highest BCUT2D eigenvalue weighted by Crippen LogP contribution is 2.24. The number of hydrogen-bond acceptors (Lipinski definition) is 6. The monoisotopic (exact) mass is 391 g/mol. The SMILES string of the molecule is O=C(c1ccc(Cl)s1)N1CCN(c2ccnc(N3CCCCC3)n2)CC1. The molecule has 0 atom stereocenters. The predicted octanol–water partition coefficient (Wildman–Crippen LogP) is 3.14. The van der Waals surface area contributed by atoms with E-state index >= 15 is 0 Å².